The second-order valence-electron chi connectivity index (χ2n) is 6.99. The zero-order valence-electron chi connectivity index (χ0n) is 17.7. The van der Waals surface area contributed by atoms with Crippen molar-refractivity contribution in [3.8, 4) is 0 Å². The molecule has 2 heterocycles. The zero-order chi connectivity index (χ0) is 20.6. The van der Waals surface area contributed by atoms with Gasteiger partial charge in [0.25, 0.3) is 0 Å². The molecular weight excluding hydrogens is 366 g/mol. The molecule has 8 heteroatoms. The van der Waals surface area contributed by atoms with E-state index in [0.29, 0.717) is 19.7 Å². The van der Waals surface area contributed by atoms with Crippen molar-refractivity contribution in [1.29, 1.82) is 0 Å². The SMILES string of the molecule is CCc1cccc2c(CCNC(=NCc3nnc(C)n3C)NCCOC)c[nH]c12. The van der Waals surface area contributed by atoms with Gasteiger partial charge in [0, 0.05) is 44.3 Å². The monoisotopic (exact) mass is 397 g/mol. The quantitative estimate of drug-likeness (QED) is 0.292. The Kier molecular flexibility index (Phi) is 7.24. The summed E-state index contributed by atoms with van der Waals surface area (Å²) in [6.07, 6.45) is 4.04. The number of ether oxygens (including phenoxy) is 1. The Morgan fingerprint density at radius 1 is 1.21 bits per heavy atom. The van der Waals surface area contributed by atoms with Crippen molar-refractivity contribution in [2.75, 3.05) is 26.8 Å². The highest BCUT2D eigenvalue weighted by Gasteiger charge is 2.08. The summed E-state index contributed by atoms with van der Waals surface area (Å²) in [6, 6.07) is 6.50. The van der Waals surface area contributed by atoms with Gasteiger partial charge in [-0.05, 0) is 30.9 Å². The third-order valence-corrected chi connectivity index (χ3v) is 5.12. The van der Waals surface area contributed by atoms with E-state index < -0.39 is 0 Å². The zero-order valence-corrected chi connectivity index (χ0v) is 17.7. The first-order valence-corrected chi connectivity index (χ1v) is 10.1. The standard InChI is InChI=1S/C21H31N7O/c1-5-16-7-6-8-18-17(13-24-20(16)18)9-10-22-21(23-11-12-29-4)25-14-19-27-26-15(2)28(19)3/h6-8,13,24H,5,9-12,14H2,1-4H3,(H2,22,23,25). The lowest BCUT2D eigenvalue weighted by Gasteiger charge is -2.12. The van der Waals surface area contributed by atoms with E-state index in [4.69, 9.17) is 4.74 Å². The van der Waals surface area contributed by atoms with E-state index in [1.165, 1.54) is 22.0 Å². The van der Waals surface area contributed by atoms with E-state index in [9.17, 15) is 0 Å². The van der Waals surface area contributed by atoms with Crippen molar-refractivity contribution in [1.82, 2.24) is 30.4 Å². The summed E-state index contributed by atoms with van der Waals surface area (Å²) in [5.74, 6) is 2.46. The minimum Gasteiger partial charge on any atom is -0.383 e. The molecule has 0 aliphatic heterocycles. The average Bonchev–Trinajstić information content (AvgIpc) is 3.29. The van der Waals surface area contributed by atoms with Crippen LogP contribution in [0.5, 0.6) is 0 Å². The molecule has 3 rings (SSSR count). The van der Waals surface area contributed by atoms with E-state index in [1.807, 2.05) is 18.5 Å². The number of guanidine groups is 1. The summed E-state index contributed by atoms with van der Waals surface area (Å²) >= 11 is 0. The average molecular weight is 398 g/mol. The number of aromatic amines is 1. The summed E-state index contributed by atoms with van der Waals surface area (Å²) in [7, 11) is 3.64. The lowest BCUT2D eigenvalue weighted by Crippen LogP contribution is -2.40. The number of hydrogen-bond donors (Lipinski definition) is 3. The maximum atomic E-state index is 5.13. The molecule has 0 saturated carbocycles. The molecule has 0 spiro atoms. The molecule has 29 heavy (non-hydrogen) atoms. The van der Waals surface area contributed by atoms with Crippen LogP contribution in [0.4, 0.5) is 0 Å². The van der Waals surface area contributed by atoms with Crippen LogP contribution in [0.1, 0.15) is 29.7 Å². The summed E-state index contributed by atoms with van der Waals surface area (Å²) in [5, 5.41) is 16.3. The van der Waals surface area contributed by atoms with Crippen LogP contribution >= 0.6 is 0 Å². The lowest BCUT2D eigenvalue weighted by molar-refractivity contribution is 0.203. The Bertz CT molecular complexity index is 957. The number of aliphatic imine (C=N–C) groups is 1. The predicted octanol–water partition coefficient (Wildman–Crippen LogP) is 2.09. The molecule has 0 bridgehead atoms. The van der Waals surface area contributed by atoms with E-state index >= 15 is 0 Å². The molecule has 3 N–H and O–H groups in total. The Morgan fingerprint density at radius 2 is 2.03 bits per heavy atom. The molecule has 8 nitrogen and oxygen atoms in total. The fourth-order valence-electron chi connectivity index (χ4n) is 3.28. The topological polar surface area (TPSA) is 92.2 Å². The van der Waals surface area contributed by atoms with Crippen molar-refractivity contribution in [2.45, 2.75) is 33.2 Å². The number of H-pyrrole nitrogens is 1. The maximum absolute atomic E-state index is 5.13. The van der Waals surface area contributed by atoms with Gasteiger partial charge in [0.05, 0.1) is 6.61 Å². The van der Waals surface area contributed by atoms with Gasteiger partial charge in [-0.15, -0.1) is 10.2 Å². The van der Waals surface area contributed by atoms with E-state index in [-0.39, 0.29) is 0 Å². The number of nitrogens with one attached hydrogen (secondary N) is 3. The summed E-state index contributed by atoms with van der Waals surface area (Å²) < 4.78 is 7.09. The van der Waals surface area contributed by atoms with Gasteiger partial charge in [-0.25, -0.2) is 4.99 Å². The third-order valence-electron chi connectivity index (χ3n) is 5.12. The molecule has 0 radical (unpaired) electrons. The van der Waals surface area contributed by atoms with Crippen LogP contribution in [0.15, 0.2) is 29.4 Å². The Morgan fingerprint density at radius 3 is 2.76 bits per heavy atom. The molecule has 3 aromatic rings. The van der Waals surface area contributed by atoms with E-state index in [1.54, 1.807) is 7.11 Å². The van der Waals surface area contributed by atoms with Crippen LogP contribution in [-0.4, -0.2) is 52.5 Å². The number of hydrogen-bond acceptors (Lipinski definition) is 4. The number of aryl methyl sites for hydroxylation is 2. The van der Waals surface area contributed by atoms with E-state index in [2.05, 4.69) is 62.1 Å². The second-order valence-corrected chi connectivity index (χ2v) is 6.99. The molecule has 0 unspecified atom stereocenters. The van der Waals surface area contributed by atoms with Crippen molar-refractivity contribution in [3.63, 3.8) is 0 Å². The van der Waals surface area contributed by atoms with E-state index in [0.717, 1.165) is 37.0 Å². The minimum absolute atomic E-state index is 0.465. The molecule has 0 aliphatic rings. The Hall–Kier alpha value is -2.87. The molecular formula is C21H31N7O. The molecule has 0 amide bonds. The number of aromatic nitrogens is 4. The predicted molar refractivity (Wildman–Crippen MR) is 116 cm³/mol. The van der Waals surface area contributed by atoms with Gasteiger partial charge >= 0.3 is 0 Å². The summed E-state index contributed by atoms with van der Waals surface area (Å²) in [4.78, 5) is 8.09. The molecule has 0 aliphatic carbocycles. The van der Waals surface area contributed by atoms with Crippen LogP contribution in [0.2, 0.25) is 0 Å². The maximum Gasteiger partial charge on any atom is 0.191 e. The summed E-state index contributed by atoms with van der Waals surface area (Å²) in [6.45, 7) is 6.66. The number of para-hydroxylation sites is 1. The largest absolute Gasteiger partial charge is 0.383 e. The van der Waals surface area contributed by atoms with Crippen molar-refractivity contribution < 1.29 is 4.74 Å². The fraction of sp³-hybridized carbons (Fsp3) is 0.476. The Balaban J connectivity index is 1.63. The first kappa shape index (κ1) is 20.9. The van der Waals surface area contributed by atoms with Crippen molar-refractivity contribution in [3.05, 3.63) is 47.2 Å². The van der Waals surface area contributed by atoms with Gasteiger partial charge in [0.1, 0.15) is 12.4 Å². The highest BCUT2D eigenvalue weighted by Crippen LogP contribution is 2.22. The number of rotatable bonds is 9. The van der Waals surface area contributed by atoms with Gasteiger partial charge in [-0.3, -0.25) is 0 Å². The Labute approximate surface area is 171 Å². The van der Waals surface area contributed by atoms with Crippen LogP contribution in [0.25, 0.3) is 10.9 Å². The van der Waals surface area contributed by atoms with Gasteiger partial charge in [-0.1, -0.05) is 25.1 Å². The molecule has 0 fully saturated rings. The molecule has 0 atom stereocenters. The van der Waals surface area contributed by atoms with Crippen molar-refractivity contribution in [2.24, 2.45) is 12.0 Å². The van der Waals surface area contributed by atoms with Crippen LogP contribution < -0.4 is 10.6 Å². The lowest BCUT2D eigenvalue weighted by atomic mass is 10.1. The third kappa shape index (κ3) is 5.14. The second kappa shape index (κ2) is 10.1. The summed E-state index contributed by atoms with van der Waals surface area (Å²) in [5.41, 5.74) is 3.90. The molecule has 0 saturated heterocycles. The molecule has 156 valence electrons. The number of benzene rings is 1. The number of nitrogens with zero attached hydrogens (tertiary/aromatic N) is 4. The van der Waals surface area contributed by atoms with Crippen molar-refractivity contribution >= 4 is 16.9 Å². The minimum atomic E-state index is 0.465. The fourth-order valence-corrected chi connectivity index (χ4v) is 3.28. The number of methoxy groups -OCH3 is 1. The van der Waals surface area contributed by atoms with Gasteiger partial charge < -0.3 is 24.9 Å². The highest BCUT2D eigenvalue weighted by atomic mass is 16.5. The number of fused-ring (bicyclic) bond motifs is 1. The first-order valence-electron chi connectivity index (χ1n) is 10.1. The molecule has 1 aromatic carbocycles. The van der Waals surface area contributed by atoms with Crippen LogP contribution in [-0.2, 0) is 31.2 Å². The van der Waals surface area contributed by atoms with Gasteiger partial charge in [0.2, 0.25) is 0 Å². The van der Waals surface area contributed by atoms with Gasteiger partial charge in [0.15, 0.2) is 11.8 Å². The van der Waals surface area contributed by atoms with Gasteiger partial charge in [-0.2, -0.15) is 0 Å². The highest BCUT2D eigenvalue weighted by molar-refractivity contribution is 5.86. The molecule has 2 aromatic heterocycles. The normalized spacial score (nSPS) is 11.9. The van der Waals surface area contributed by atoms with Crippen LogP contribution in [0.3, 0.4) is 0 Å². The first-order chi connectivity index (χ1) is 14.1. The smallest absolute Gasteiger partial charge is 0.191 e. The van der Waals surface area contributed by atoms with Crippen LogP contribution in [0, 0.1) is 6.92 Å².